The molecular formula is C20H18N6O6. The molecule has 0 aromatic carbocycles. The van der Waals surface area contributed by atoms with Crippen molar-refractivity contribution < 1.29 is 19.8 Å². The van der Waals surface area contributed by atoms with Crippen LogP contribution < -0.4 is 11.1 Å². The Hall–Kier alpha value is -4.74. The highest BCUT2D eigenvalue weighted by atomic mass is 16.4. The summed E-state index contributed by atoms with van der Waals surface area (Å²) in [6.07, 6.45) is 6.37. The highest BCUT2D eigenvalue weighted by molar-refractivity contribution is 5.85. The summed E-state index contributed by atoms with van der Waals surface area (Å²) in [5.41, 5.74) is 1.05. The van der Waals surface area contributed by atoms with Gasteiger partial charge in [0.1, 0.15) is 22.8 Å². The largest absolute Gasteiger partial charge is 0.477 e. The number of hydrogen-bond acceptors (Lipinski definition) is 6. The fraction of sp³-hybridized carbons (Fsp3) is 0.100. The number of carboxylic acid groups (broad SMARTS) is 2. The molecule has 0 aliphatic carbocycles. The van der Waals surface area contributed by atoms with Crippen LogP contribution in [0.15, 0.2) is 58.9 Å². The summed E-state index contributed by atoms with van der Waals surface area (Å²) in [4.78, 5) is 56.9. The van der Waals surface area contributed by atoms with Gasteiger partial charge in [-0.3, -0.25) is 9.59 Å². The Morgan fingerprint density at radius 3 is 1.38 bits per heavy atom. The van der Waals surface area contributed by atoms with E-state index in [1.165, 1.54) is 36.9 Å². The Bertz CT molecular complexity index is 1300. The van der Waals surface area contributed by atoms with Crippen LogP contribution in [-0.4, -0.2) is 51.2 Å². The van der Waals surface area contributed by atoms with Crippen LogP contribution in [0.3, 0.4) is 0 Å². The monoisotopic (exact) mass is 438 g/mol. The smallest absolute Gasteiger partial charge is 0.352 e. The Labute approximate surface area is 179 Å². The topological polar surface area (TPSA) is 176 Å². The molecular weight excluding hydrogens is 420 g/mol. The number of rotatable bonds is 4. The van der Waals surface area contributed by atoms with Gasteiger partial charge in [0.05, 0.1) is 24.0 Å². The quantitative estimate of drug-likeness (QED) is 0.366. The van der Waals surface area contributed by atoms with Gasteiger partial charge in [0.2, 0.25) is 0 Å². The van der Waals surface area contributed by atoms with Gasteiger partial charge in [-0.25, -0.2) is 19.6 Å². The van der Waals surface area contributed by atoms with Crippen molar-refractivity contribution in [1.29, 1.82) is 0 Å². The van der Waals surface area contributed by atoms with Crippen LogP contribution in [0, 0.1) is 13.8 Å². The number of aromatic carboxylic acids is 2. The van der Waals surface area contributed by atoms with Crippen LogP contribution in [0.4, 0.5) is 0 Å². The number of imidazole rings is 2. The lowest BCUT2D eigenvalue weighted by Crippen LogP contribution is -2.17. The molecule has 0 unspecified atom stereocenters. The molecule has 0 amide bonds. The van der Waals surface area contributed by atoms with Crippen LogP contribution >= 0.6 is 0 Å². The first-order valence-corrected chi connectivity index (χ1v) is 9.11. The molecule has 4 aromatic rings. The van der Waals surface area contributed by atoms with Gasteiger partial charge in [0.25, 0.3) is 11.1 Å². The lowest BCUT2D eigenvalue weighted by atomic mass is 10.3. The summed E-state index contributed by atoms with van der Waals surface area (Å²) >= 11 is 0. The number of nitrogens with zero attached hydrogens (tertiary/aromatic N) is 4. The normalized spacial score (nSPS) is 10.3. The number of pyridine rings is 2. The first kappa shape index (κ1) is 22.0. The average molecular weight is 438 g/mol. The van der Waals surface area contributed by atoms with Gasteiger partial charge in [-0.05, 0) is 38.1 Å². The second-order valence-electron chi connectivity index (χ2n) is 6.63. The molecule has 4 heterocycles. The highest BCUT2D eigenvalue weighted by Gasteiger charge is 2.09. The minimum atomic E-state index is -1.16. The van der Waals surface area contributed by atoms with Crippen LogP contribution in [-0.2, 0) is 0 Å². The van der Waals surface area contributed by atoms with Gasteiger partial charge >= 0.3 is 11.9 Å². The Balaban J connectivity index is 0.000000181. The molecule has 4 aromatic heterocycles. The van der Waals surface area contributed by atoms with E-state index in [4.69, 9.17) is 10.2 Å². The molecule has 0 spiro atoms. The second-order valence-corrected chi connectivity index (χ2v) is 6.63. The Morgan fingerprint density at radius 1 is 0.750 bits per heavy atom. The van der Waals surface area contributed by atoms with E-state index in [0.717, 1.165) is 11.4 Å². The van der Waals surface area contributed by atoms with Crippen molar-refractivity contribution in [3.63, 3.8) is 0 Å². The molecule has 4 N–H and O–H groups in total. The number of aromatic nitrogens is 6. The standard InChI is InChI=1S/2C10H9N3O3/c2*1-6-4-13(5-11-6)8-3-2-7(10(15)16)12-9(8)14/h2*2-5H,1H3,(H,12,14)(H,15,16). The summed E-state index contributed by atoms with van der Waals surface area (Å²) < 4.78 is 3.08. The van der Waals surface area contributed by atoms with Crippen molar-refractivity contribution >= 4 is 11.9 Å². The fourth-order valence-corrected chi connectivity index (χ4v) is 2.69. The first-order chi connectivity index (χ1) is 15.2. The molecule has 0 aliphatic heterocycles. The molecule has 12 heteroatoms. The van der Waals surface area contributed by atoms with E-state index in [0.29, 0.717) is 11.4 Å². The SMILES string of the molecule is Cc1cn(-c2ccc(C(=O)O)[nH]c2=O)cn1.Cc1cn(-c2ccc(C(=O)O)[nH]c2=O)cn1. The molecule has 32 heavy (non-hydrogen) atoms. The van der Waals surface area contributed by atoms with Crippen LogP contribution in [0.1, 0.15) is 32.4 Å². The maximum absolute atomic E-state index is 11.6. The van der Waals surface area contributed by atoms with E-state index in [2.05, 4.69) is 19.9 Å². The lowest BCUT2D eigenvalue weighted by Gasteiger charge is -2.00. The Kier molecular flexibility index (Phi) is 6.14. The summed E-state index contributed by atoms with van der Waals surface area (Å²) in [6.45, 7) is 3.60. The number of hydrogen-bond donors (Lipinski definition) is 4. The Morgan fingerprint density at radius 2 is 1.12 bits per heavy atom. The summed E-state index contributed by atoms with van der Waals surface area (Å²) in [5.74, 6) is -2.32. The first-order valence-electron chi connectivity index (χ1n) is 9.11. The minimum Gasteiger partial charge on any atom is -0.477 e. The zero-order valence-electron chi connectivity index (χ0n) is 16.9. The second kappa shape index (κ2) is 8.95. The van der Waals surface area contributed by atoms with Gasteiger partial charge in [0.15, 0.2) is 0 Å². The zero-order chi connectivity index (χ0) is 23.4. The fourth-order valence-electron chi connectivity index (χ4n) is 2.69. The predicted octanol–water partition coefficient (Wildman–Crippen LogP) is 1.13. The van der Waals surface area contributed by atoms with E-state index in [9.17, 15) is 19.2 Å². The average Bonchev–Trinajstić information content (AvgIpc) is 3.36. The third-order valence-electron chi connectivity index (χ3n) is 4.22. The molecule has 0 saturated carbocycles. The summed E-state index contributed by atoms with van der Waals surface area (Å²) in [5, 5.41) is 17.4. The van der Waals surface area contributed by atoms with Crippen molar-refractivity contribution in [2.24, 2.45) is 0 Å². The van der Waals surface area contributed by atoms with Crippen molar-refractivity contribution in [2.45, 2.75) is 13.8 Å². The molecule has 0 saturated heterocycles. The van der Waals surface area contributed by atoms with Gasteiger partial charge in [0, 0.05) is 12.4 Å². The molecule has 12 nitrogen and oxygen atoms in total. The van der Waals surface area contributed by atoms with Gasteiger partial charge in [-0.15, -0.1) is 0 Å². The predicted molar refractivity (Wildman–Crippen MR) is 112 cm³/mol. The summed E-state index contributed by atoms with van der Waals surface area (Å²) in [6, 6.07) is 5.58. The van der Waals surface area contributed by atoms with Crippen molar-refractivity contribution in [2.75, 3.05) is 0 Å². The number of H-pyrrole nitrogens is 2. The van der Waals surface area contributed by atoms with Crippen LogP contribution in [0.2, 0.25) is 0 Å². The molecule has 164 valence electrons. The molecule has 0 atom stereocenters. The van der Waals surface area contributed by atoms with Crippen LogP contribution in [0.25, 0.3) is 11.4 Å². The number of carboxylic acids is 2. The minimum absolute atomic E-state index is 0.134. The number of aryl methyl sites for hydroxylation is 2. The summed E-state index contributed by atoms with van der Waals surface area (Å²) in [7, 11) is 0. The number of carbonyl (C=O) groups is 2. The molecule has 0 aliphatic rings. The van der Waals surface area contributed by atoms with E-state index in [1.54, 1.807) is 35.4 Å². The van der Waals surface area contributed by atoms with Crippen molar-refractivity contribution in [3.8, 4) is 11.4 Å². The maximum atomic E-state index is 11.6. The van der Waals surface area contributed by atoms with Crippen molar-refractivity contribution in [3.05, 3.63) is 92.8 Å². The number of nitrogens with one attached hydrogen (secondary N) is 2. The van der Waals surface area contributed by atoms with E-state index < -0.39 is 23.1 Å². The van der Waals surface area contributed by atoms with Gasteiger partial charge in [-0.1, -0.05) is 0 Å². The van der Waals surface area contributed by atoms with Crippen molar-refractivity contribution in [1.82, 2.24) is 29.1 Å². The molecule has 4 rings (SSSR count). The molecule has 0 bridgehead atoms. The molecule has 0 radical (unpaired) electrons. The highest BCUT2D eigenvalue weighted by Crippen LogP contribution is 2.04. The van der Waals surface area contributed by atoms with Gasteiger partial charge < -0.3 is 29.3 Å². The van der Waals surface area contributed by atoms with Crippen LogP contribution in [0.5, 0.6) is 0 Å². The lowest BCUT2D eigenvalue weighted by molar-refractivity contribution is 0.0679. The van der Waals surface area contributed by atoms with E-state index in [1.807, 2.05) is 0 Å². The van der Waals surface area contributed by atoms with Gasteiger partial charge in [-0.2, -0.15) is 0 Å². The number of aromatic amines is 2. The zero-order valence-corrected chi connectivity index (χ0v) is 16.9. The third-order valence-corrected chi connectivity index (χ3v) is 4.22. The maximum Gasteiger partial charge on any atom is 0.352 e. The van der Waals surface area contributed by atoms with E-state index >= 15 is 0 Å². The van der Waals surface area contributed by atoms with E-state index in [-0.39, 0.29) is 11.4 Å². The molecule has 0 fully saturated rings. The third kappa shape index (κ3) is 4.87.